The smallest absolute Gasteiger partial charge is 0.257 e. The highest BCUT2D eigenvalue weighted by molar-refractivity contribution is 6.04. The molecule has 90 valence electrons. The van der Waals surface area contributed by atoms with E-state index in [9.17, 15) is 4.79 Å². The number of benzene rings is 1. The number of rotatable bonds is 2. The topological polar surface area (TPSA) is 102 Å². The van der Waals surface area contributed by atoms with Crippen LogP contribution in [0.4, 0.5) is 5.69 Å². The van der Waals surface area contributed by atoms with Gasteiger partial charge in [0.25, 0.3) is 5.91 Å². The summed E-state index contributed by atoms with van der Waals surface area (Å²) in [6, 6.07) is 9.83. The van der Waals surface area contributed by atoms with Crippen LogP contribution >= 0.6 is 0 Å². The number of hydrogen-bond acceptors (Lipinski definition) is 5. The second kappa shape index (κ2) is 5.39. The van der Waals surface area contributed by atoms with E-state index in [-0.39, 0.29) is 17.0 Å². The Kier molecular flexibility index (Phi) is 3.46. The van der Waals surface area contributed by atoms with E-state index in [0.717, 1.165) is 0 Å². The van der Waals surface area contributed by atoms with E-state index in [1.807, 2.05) is 12.1 Å². The summed E-state index contributed by atoms with van der Waals surface area (Å²) in [6.45, 7) is 0. The highest BCUT2D eigenvalue weighted by Crippen LogP contribution is 2.15. The molecule has 6 heteroatoms. The summed E-state index contributed by atoms with van der Waals surface area (Å²) in [6.07, 6.45) is 2.75. The first-order valence-electron chi connectivity index (χ1n) is 5.27. The zero-order valence-corrected chi connectivity index (χ0v) is 9.66. The van der Waals surface area contributed by atoms with Gasteiger partial charge in [-0.05, 0) is 24.3 Å². The molecule has 1 amide bonds. The van der Waals surface area contributed by atoms with Crippen LogP contribution in [0.25, 0.3) is 0 Å². The van der Waals surface area contributed by atoms with Crippen molar-refractivity contribution in [2.45, 2.75) is 0 Å². The van der Waals surface area contributed by atoms with Crippen molar-refractivity contribution in [2.24, 2.45) is 0 Å². The van der Waals surface area contributed by atoms with Crippen LogP contribution in [0.3, 0.4) is 0 Å². The lowest BCUT2D eigenvalue weighted by Crippen LogP contribution is -2.12. The van der Waals surface area contributed by atoms with Crippen molar-refractivity contribution in [2.75, 3.05) is 5.32 Å². The fourth-order valence-corrected chi connectivity index (χ4v) is 1.44. The largest absolute Gasteiger partial charge is 0.322 e. The van der Waals surface area contributed by atoms with Crippen LogP contribution in [-0.2, 0) is 0 Å². The van der Waals surface area contributed by atoms with Gasteiger partial charge < -0.3 is 5.32 Å². The van der Waals surface area contributed by atoms with E-state index in [1.54, 1.807) is 6.07 Å². The maximum Gasteiger partial charge on any atom is 0.257 e. The van der Waals surface area contributed by atoms with Gasteiger partial charge in [-0.15, -0.1) is 0 Å². The molecule has 2 rings (SSSR count). The van der Waals surface area contributed by atoms with Crippen molar-refractivity contribution in [3.05, 3.63) is 53.3 Å². The van der Waals surface area contributed by atoms with Crippen molar-refractivity contribution in [1.29, 1.82) is 10.5 Å². The third-order valence-corrected chi connectivity index (χ3v) is 2.36. The van der Waals surface area contributed by atoms with Crippen molar-refractivity contribution >= 4 is 11.6 Å². The molecule has 0 bridgehead atoms. The number of nitrogens with one attached hydrogen (secondary N) is 1. The Bertz CT molecular complexity index is 697. The van der Waals surface area contributed by atoms with Gasteiger partial charge in [-0.3, -0.25) is 4.79 Å². The van der Waals surface area contributed by atoms with Crippen LogP contribution in [0.1, 0.15) is 21.5 Å². The lowest BCUT2D eigenvalue weighted by Gasteiger charge is -2.05. The first-order valence-corrected chi connectivity index (χ1v) is 5.27. The lowest BCUT2D eigenvalue weighted by atomic mass is 10.1. The Hall–Kier alpha value is -3.25. The maximum absolute atomic E-state index is 11.8. The van der Waals surface area contributed by atoms with Crippen LogP contribution < -0.4 is 5.32 Å². The fourth-order valence-electron chi connectivity index (χ4n) is 1.44. The summed E-state index contributed by atoms with van der Waals surface area (Å²) < 4.78 is 0. The molecule has 1 aromatic heterocycles. The average Bonchev–Trinajstić information content (AvgIpc) is 2.48. The average molecular weight is 249 g/mol. The lowest BCUT2D eigenvalue weighted by molar-refractivity contribution is 0.102. The van der Waals surface area contributed by atoms with Gasteiger partial charge in [0.1, 0.15) is 12.1 Å². The predicted octanol–water partition coefficient (Wildman–Crippen LogP) is 1.47. The van der Waals surface area contributed by atoms with Crippen LogP contribution in [-0.4, -0.2) is 16.1 Å². The first-order chi connectivity index (χ1) is 9.24. The Morgan fingerprint density at radius 3 is 2.53 bits per heavy atom. The molecule has 0 aliphatic carbocycles. The highest BCUT2D eigenvalue weighted by atomic mass is 16.1. The van der Waals surface area contributed by atoms with Crippen LogP contribution in [0.15, 0.2) is 36.7 Å². The van der Waals surface area contributed by atoms with Crippen molar-refractivity contribution in [3.63, 3.8) is 0 Å². The van der Waals surface area contributed by atoms with Gasteiger partial charge in [-0.1, -0.05) is 0 Å². The minimum absolute atomic E-state index is 0.216. The van der Waals surface area contributed by atoms with Crippen LogP contribution in [0, 0.1) is 22.7 Å². The van der Waals surface area contributed by atoms with Crippen molar-refractivity contribution in [1.82, 2.24) is 10.2 Å². The van der Waals surface area contributed by atoms with Gasteiger partial charge in [-0.25, -0.2) is 0 Å². The van der Waals surface area contributed by atoms with Gasteiger partial charge in [0.2, 0.25) is 0 Å². The van der Waals surface area contributed by atoms with Gasteiger partial charge in [0, 0.05) is 5.69 Å². The highest BCUT2D eigenvalue weighted by Gasteiger charge is 2.08. The zero-order valence-electron chi connectivity index (χ0n) is 9.66. The SMILES string of the molecule is N#Cc1ccc(NC(=O)c2ccnnc2)cc1C#N. The molecule has 1 N–H and O–H groups in total. The molecule has 0 radical (unpaired) electrons. The number of carbonyl (C=O) groups excluding carboxylic acids is 1. The van der Waals surface area contributed by atoms with Crippen LogP contribution in [0.5, 0.6) is 0 Å². The molecule has 1 heterocycles. The molecule has 6 nitrogen and oxygen atoms in total. The molecule has 0 aliphatic rings. The molecule has 2 aromatic rings. The molecule has 0 saturated heterocycles. The monoisotopic (exact) mass is 249 g/mol. The van der Waals surface area contributed by atoms with E-state index < -0.39 is 0 Å². The summed E-state index contributed by atoms with van der Waals surface area (Å²) in [5, 5.41) is 27.5. The van der Waals surface area contributed by atoms with Crippen LogP contribution in [0.2, 0.25) is 0 Å². The Morgan fingerprint density at radius 2 is 1.89 bits per heavy atom. The van der Waals surface area contributed by atoms with E-state index in [2.05, 4.69) is 15.5 Å². The molecule has 0 atom stereocenters. The number of carbonyl (C=O) groups is 1. The summed E-state index contributed by atoms with van der Waals surface area (Å²) in [5.41, 5.74) is 1.29. The van der Waals surface area contributed by atoms with Crippen molar-refractivity contribution in [3.8, 4) is 12.1 Å². The van der Waals surface area contributed by atoms with E-state index >= 15 is 0 Å². The third-order valence-electron chi connectivity index (χ3n) is 2.36. The van der Waals surface area contributed by atoms with Gasteiger partial charge in [0.15, 0.2) is 0 Å². The predicted molar refractivity (Wildman–Crippen MR) is 65.9 cm³/mol. The summed E-state index contributed by atoms with van der Waals surface area (Å²) in [5.74, 6) is -0.358. The molecule has 0 fully saturated rings. The zero-order chi connectivity index (χ0) is 13.7. The number of hydrogen-bond donors (Lipinski definition) is 1. The number of anilines is 1. The number of aromatic nitrogens is 2. The summed E-state index contributed by atoms with van der Waals surface area (Å²) in [7, 11) is 0. The third kappa shape index (κ3) is 2.71. The number of amides is 1. The van der Waals surface area contributed by atoms with Crippen molar-refractivity contribution < 1.29 is 4.79 Å². The number of nitriles is 2. The van der Waals surface area contributed by atoms with E-state index in [0.29, 0.717) is 11.3 Å². The molecule has 0 aliphatic heterocycles. The van der Waals surface area contributed by atoms with Gasteiger partial charge in [0.05, 0.1) is 29.1 Å². The van der Waals surface area contributed by atoms with E-state index in [1.165, 1.54) is 30.6 Å². The Morgan fingerprint density at radius 1 is 1.11 bits per heavy atom. The summed E-state index contributed by atoms with van der Waals surface area (Å²) >= 11 is 0. The second-order valence-corrected chi connectivity index (χ2v) is 3.57. The Labute approximate surface area is 108 Å². The molecular formula is C13H7N5O. The molecule has 19 heavy (non-hydrogen) atoms. The second-order valence-electron chi connectivity index (χ2n) is 3.57. The van der Waals surface area contributed by atoms with Gasteiger partial charge in [-0.2, -0.15) is 20.7 Å². The standard InChI is InChI=1S/C13H7N5O/c14-6-9-1-2-12(5-11(9)7-15)18-13(19)10-3-4-16-17-8-10/h1-5,8H,(H,18,19). The molecular weight excluding hydrogens is 242 g/mol. The minimum atomic E-state index is -0.358. The minimum Gasteiger partial charge on any atom is -0.322 e. The molecule has 0 saturated carbocycles. The molecule has 0 unspecified atom stereocenters. The summed E-state index contributed by atoms with van der Waals surface area (Å²) in [4.78, 5) is 11.8. The van der Waals surface area contributed by atoms with E-state index in [4.69, 9.17) is 10.5 Å². The number of nitrogens with zero attached hydrogens (tertiary/aromatic N) is 4. The molecule has 1 aromatic carbocycles. The maximum atomic E-state index is 11.8. The Balaban J connectivity index is 2.24. The quantitative estimate of drug-likeness (QED) is 0.868. The first kappa shape index (κ1) is 12.2. The normalized spacial score (nSPS) is 9.16. The fraction of sp³-hybridized carbons (Fsp3) is 0. The van der Waals surface area contributed by atoms with Gasteiger partial charge >= 0.3 is 0 Å². The molecule has 0 spiro atoms.